The lowest BCUT2D eigenvalue weighted by Gasteiger charge is -2.27. The van der Waals surface area contributed by atoms with E-state index in [0.717, 1.165) is 42.4 Å². The van der Waals surface area contributed by atoms with Crippen molar-refractivity contribution in [3.8, 4) is 11.3 Å². The number of aryl methyl sites for hydroxylation is 1. The van der Waals surface area contributed by atoms with Gasteiger partial charge in [-0.15, -0.1) is 0 Å². The van der Waals surface area contributed by atoms with Crippen molar-refractivity contribution in [2.75, 3.05) is 0 Å². The normalized spacial score (nSPS) is 16.2. The van der Waals surface area contributed by atoms with Crippen molar-refractivity contribution in [3.05, 3.63) is 82.8 Å². The Morgan fingerprint density at radius 3 is 2.48 bits per heavy atom. The molecule has 4 rings (SSSR count). The topological polar surface area (TPSA) is 54.9 Å². The van der Waals surface area contributed by atoms with Gasteiger partial charge in [0.25, 0.3) is 5.91 Å². The van der Waals surface area contributed by atoms with Crippen LogP contribution >= 0.6 is 0 Å². The summed E-state index contributed by atoms with van der Waals surface area (Å²) in [5, 5.41) is 2.76. The first-order chi connectivity index (χ1) is 15.5. The number of pyridine rings is 2. The van der Waals surface area contributed by atoms with E-state index in [2.05, 4.69) is 15.3 Å². The van der Waals surface area contributed by atoms with Gasteiger partial charge in [0.05, 0.1) is 17.3 Å². The summed E-state index contributed by atoms with van der Waals surface area (Å²) in [6.45, 7) is 0. The molecule has 1 aliphatic carbocycles. The van der Waals surface area contributed by atoms with Crippen LogP contribution in [0.5, 0.6) is 0 Å². The number of hydrogen-bond donors (Lipinski definition) is 1. The molecule has 1 N–H and O–H groups in total. The van der Waals surface area contributed by atoms with Crippen LogP contribution in [0.4, 0.5) is 26.3 Å². The summed E-state index contributed by atoms with van der Waals surface area (Å²) in [5.74, 6) is -0.666. The molecule has 1 unspecified atom stereocenters. The minimum Gasteiger partial charge on any atom is -0.345 e. The van der Waals surface area contributed by atoms with E-state index in [1.54, 1.807) is 12.3 Å². The number of benzene rings is 1. The van der Waals surface area contributed by atoms with Gasteiger partial charge in [-0.05, 0) is 66.8 Å². The lowest BCUT2D eigenvalue weighted by atomic mass is 9.87. The average Bonchev–Trinajstić information content (AvgIpc) is 2.78. The third-order valence-corrected chi connectivity index (χ3v) is 5.44. The summed E-state index contributed by atoms with van der Waals surface area (Å²) in [7, 11) is 0. The molecule has 0 aliphatic heterocycles. The van der Waals surface area contributed by atoms with Gasteiger partial charge in [0.15, 0.2) is 0 Å². The van der Waals surface area contributed by atoms with E-state index in [0.29, 0.717) is 18.4 Å². The second-order valence-electron chi connectivity index (χ2n) is 7.69. The number of nitrogens with one attached hydrogen (secondary N) is 1. The van der Waals surface area contributed by atoms with Crippen LogP contribution in [-0.2, 0) is 18.8 Å². The quantitative estimate of drug-likeness (QED) is 0.484. The first-order valence-electron chi connectivity index (χ1n) is 10.0. The highest BCUT2D eigenvalue weighted by atomic mass is 19.4. The van der Waals surface area contributed by atoms with E-state index in [4.69, 9.17) is 0 Å². The maximum absolute atomic E-state index is 13.0. The molecule has 4 nitrogen and oxygen atoms in total. The molecule has 0 saturated carbocycles. The van der Waals surface area contributed by atoms with Crippen LogP contribution in [-0.4, -0.2) is 15.9 Å². The molecule has 0 spiro atoms. The Hall–Kier alpha value is -3.43. The minimum absolute atomic E-state index is 0.129. The predicted octanol–water partition coefficient (Wildman–Crippen LogP) is 5.99. The van der Waals surface area contributed by atoms with Crippen LogP contribution in [0.1, 0.15) is 51.6 Å². The number of alkyl halides is 6. The molecule has 10 heteroatoms. The number of nitrogens with zero attached hydrogens (tertiary/aromatic N) is 2. The second-order valence-corrected chi connectivity index (χ2v) is 7.69. The van der Waals surface area contributed by atoms with Crippen molar-refractivity contribution in [3.63, 3.8) is 0 Å². The van der Waals surface area contributed by atoms with E-state index in [1.165, 1.54) is 12.1 Å². The monoisotopic (exact) mass is 465 g/mol. The first kappa shape index (κ1) is 22.8. The Labute approximate surface area is 184 Å². The maximum Gasteiger partial charge on any atom is 0.433 e. The highest BCUT2D eigenvalue weighted by molar-refractivity contribution is 5.94. The predicted molar refractivity (Wildman–Crippen MR) is 107 cm³/mol. The molecule has 1 atom stereocenters. The third kappa shape index (κ3) is 4.99. The minimum atomic E-state index is -4.61. The van der Waals surface area contributed by atoms with Gasteiger partial charge in [-0.1, -0.05) is 6.07 Å². The number of carbonyl (C=O) groups is 1. The van der Waals surface area contributed by atoms with E-state index >= 15 is 0 Å². The summed E-state index contributed by atoms with van der Waals surface area (Å²) in [4.78, 5) is 20.3. The van der Waals surface area contributed by atoms with Crippen LogP contribution in [0.3, 0.4) is 0 Å². The van der Waals surface area contributed by atoms with Crippen LogP contribution in [0, 0.1) is 0 Å². The number of hydrogen-bond acceptors (Lipinski definition) is 3. The standard InChI is InChI=1S/C23H17F6N3O/c24-22(25,26)16-5-1-3-14(9-16)21(33)32-18-6-2-4-15-12-31-19(11-17(15)18)13-7-8-30-20(10-13)23(27,28)29/h1,3,5,7-12,18H,2,4,6H2,(H,32,33). The van der Waals surface area contributed by atoms with E-state index in [1.807, 2.05) is 0 Å². The molecule has 1 amide bonds. The third-order valence-electron chi connectivity index (χ3n) is 5.44. The molecular formula is C23H17F6N3O. The van der Waals surface area contributed by atoms with Crippen LogP contribution in [0.25, 0.3) is 11.3 Å². The zero-order valence-electron chi connectivity index (χ0n) is 17.0. The van der Waals surface area contributed by atoms with Gasteiger partial charge < -0.3 is 5.32 Å². The first-order valence-corrected chi connectivity index (χ1v) is 10.0. The lowest BCUT2D eigenvalue weighted by Crippen LogP contribution is -2.31. The highest BCUT2D eigenvalue weighted by Gasteiger charge is 2.33. The molecule has 0 fully saturated rings. The molecular weight excluding hydrogens is 448 g/mol. The van der Waals surface area contributed by atoms with Gasteiger partial charge >= 0.3 is 12.4 Å². The summed E-state index contributed by atoms with van der Waals surface area (Å²) in [5.41, 5.74) is -0.107. The summed E-state index contributed by atoms with van der Waals surface area (Å²) in [6, 6.07) is 7.53. The number of carbonyl (C=O) groups excluding carboxylic acids is 1. The zero-order chi connectivity index (χ0) is 23.8. The second kappa shape index (κ2) is 8.49. The van der Waals surface area contributed by atoms with Crippen molar-refractivity contribution in [2.24, 2.45) is 0 Å². The fourth-order valence-corrected chi connectivity index (χ4v) is 3.82. The van der Waals surface area contributed by atoms with E-state index in [9.17, 15) is 31.1 Å². The van der Waals surface area contributed by atoms with Gasteiger partial charge in [-0.25, -0.2) is 0 Å². The Morgan fingerprint density at radius 2 is 1.76 bits per heavy atom. The fraction of sp³-hybridized carbons (Fsp3) is 0.261. The van der Waals surface area contributed by atoms with Crippen LogP contribution in [0.15, 0.2) is 54.9 Å². The molecule has 172 valence electrons. The molecule has 2 aromatic heterocycles. The molecule has 1 aromatic carbocycles. The number of aromatic nitrogens is 2. The van der Waals surface area contributed by atoms with E-state index < -0.39 is 35.6 Å². The smallest absolute Gasteiger partial charge is 0.345 e. The van der Waals surface area contributed by atoms with Crippen molar-refractivity contribution in [2.45, 2.75) is 37.7 Å². The molecule has 3 aromatic rings. The van der Waals surface area contributed by atoms with Crippen LogP contribution in [0.2, 0.25) is 0 Å². The molecule has 1 aliphatic rings. The van der Waals surface area contributed by atoms with Gasteiger partial charge in [0.2, 0.25) is 0 Å². The number of halogens is 6. The molecule has 2 heterocycles. The van der Waals surface area contributed by atoms with Crippen molar-refractivity contribution < 1.29 is 31.1 Å². The Bertz CT molecular complexity index is 1190. The van der Waals surface area contributed by atoms with Gasteiger partial charge in [-0.2, -0.15) is 26.3 Å². The maximum atomic E-state index is 13.0. The Balaban J connectivity index is 1.62. The highest BCUT2D eigenvalue weighted by Crippen LogP contribution is 2.35. The average molecular weight is 465 g/mol. The van der Waals surface area contributed by atoms with Crippen LogP contribution < -0.4 is 5.32 Å². The van der Waals surface area contributed by atoms with Gasteiger partial charge in [0, 0.05) is 23.5 Å². The van der Waals surface area contributed by atoms with Gasteiger partial charge in [0.1, 0.15) is 5.69 Å². The lowest BCUT2D eigenvalue weighted by molar-refractivity contribution is -0.141. The zero-order valence-corrected chi connectivity index (χ0v) is 17.0. The Morgan fingerprint density at radius 1 is 0.970 bits per heavy atom. The number of amides is 1. The number of fused-ring (bicyclic) bond motifs is 1. The summed E-state index contributed by atoms with van der Waals surface area (Å²) < 4.78 is 78.0. The SMILES string of the molecule is O=C(NC1CCCc2cnc(-c3ccnc(C(F)(F)F)c3)cc21)c1cccc(C(F)(F)F)c1. The Kier molecular flexibility index (Phi) is 5.85. The van der Waals surface area contributed by atoms with Crippen molar-refractivity contribution in [1.29, 1.82) is 0 Å². The molecule has 33 heavy (non-hydrogen) atoms. The van der Waals surface area contributed by atoms with Gasteiger partial charge in [-0.3, -0.25) is 14.8 Å². The molecule has 0 bridgehead atoms. The summed E-state index contributed by atoms with van der Waals surface area (Å²) in [6.07, 6.45) is -4.66. The molecule has 0 radical (unpaired) electrons. The molecule has 0 saturated heterocycles. The fourth-order valence-electron chi connectivity index (χ4n) is 3.82. The largest absolute Gasteiger partial charge is 0.433 e. The number of rotatable bonds is 3. The van der Waals surface area contributed by atoms with E-state index in [-0.39, 0.29) is 16.8 Å². The van der Waals surface area contributed by atoms with Crippen molar-refractivity contribution in [1.82, 2.24) is 15.3 Å². The summed E-state index contributed by atoms with van der Waals surface area (Å²) >= 11 is 0. The van der Waals surface area contributed by atoms with Crippen molar-refractivity contribution >= 4 is 5.91 Å².